The molecule has 6 heteroatoms. The quantitative estimate of drug-likeness (QED) is 0.862. The first-order valence-corrected chi connectivity index (χ1v) is 7.02. The molecular weight excluding hydrogens is 326 g/mol. The molecule has 110 valence electrons. The second kappa shape index (κ2) is 7.28. The molecule has 0 unspecified atom stereocenters. The number of aliphatic carboxylic acids is 1. The number of benzene rings is 1. The largest absolute Gasteiger partial charge is 0.497 e. The lowest BCUT2D eigenvalue weighted by atomic mass is 10.1. The number of hydrogen-bond acceptors (Lipinski definition) is 3. The molecule has 0 aromatic heterocycles. The first-order chi connectivity index (χ1) is 9.36. The van der Waals surface area contributed by atoms with Gasteiger partial charge in [0.2, 0.25) is 0 Å². The van der Waals surface area contributed by atoms with Gasteiger partial charge in [0, 0.05) is 17.1 Å². The first-order valence-electron chi connectivity index (χ1n) is 6.23. The minimum absolute atomic E-state index is 0.0779. The number of carbonyl (C=O) groups is 2. The Hall–Kier alpha value is -1.56. The average molecular weight is 344 g/mol. The third kappa shape index (κ3) is 4.23. The molecule has 0 bridgehead atoms. The smallest absolute Gasteiger partial charge is 0.305 e. The van der Waals surface area contributed by atoms with Gasteiger partial charge in [0.1, 0.15) is 5.75 Å². The Kier molecular flexibility index (Phi) is 6.01. The summed E-state index contributed by atoms with van der Waals surface area (Å²) in [6.45, 7) is 3.89. The number of hydrogen-bond donors (Lipinski definition) is 1. The van der Waals surface area contributed by atoms with Crippen LogP contribution in [0.3, 0.4) is 0 Å². The van der Waals surface area contributed by atoms with E-state index in [1.807, 2.05) is 13.8 Å². The molecule has 1 rings (SSSR count). The summed E-state index contributed by atoms with van der Waals surface area (Å²) in [4.78, 5) is 24.8. The van der Waals surface area contributed by atoms with Gasteiger partial charge in [-0.3, -0.25) is 9.59 Å². The number of nitrogens with zero attached hydrogens (tertiary/aromatic N) is 1. The van der Waals surface area contributed by atoms with Crippen molar-refractivity contribution in [2.75, 3.05) is 13.7 Å². The molecule has 0 fully saturated rings. The summed E-state index contributed by atoms with van der Waals surface area (Å²) in [7, 11) is 1.53. The van der Waals surface area contributed by atoms with Crippen LogP contribution in [0.4, 0.5) is 0 Å². The Balaban J connectivity index is 3.02. The fourth-order valence-corrected chi connectivity index (χ4v) is 2.18. The Morgan fingerprint density at radius 2 is 2.05 bits per heavy atom. The number of amides is 1. The maximum atomic E-state index is 12.5. The van der Waals surface area contributed by atoms with Gasteiger partial charge in [-0.15, -0.1) is 0 Å². The van der Waals surface area contributed by atoms with Crippen LogP contribution >= 0.6 is 15.9 Å². The zero-order valence-electron chi connectivity index (χ0n) is 11.7. The van der Waals surface area contributed by atoms with Crippen molar-refractivity contribution in [1.82, 2.24) is 4.90 Å². The van der Waals surface area contributed by atoms with E-state index in [0.717, 1.165) is 0 Å². The number of rotatable bonds is 6. The monoisotopic (exact) mass is 343 g/mol. The van der Waals surface area contributed by atoms with Crippen LogP contribution in [0.15, 0.2) is 22.7 Å². The number of methoxy groups -OCH3 is 1. The first kappa shape index (κ1) is 16.5. The van der Waals surface area contributed by atoms with Crippen LogP contribution in [0.2, 0.25) is 0 Å². The highest BCUT2D eigenvalue weighted by Crippen LogP contribution is 2.24. The molecule has 0 heterocycles. The van der Waals surface area contributed by atoms with Crippen LogP contribution in [0.1, 0.15) is 30.6 Å². The van der Waals surface area contributed by atoms with E-state index in [1.54, 1.807) is 18.2 Å². The van der Waals surface area contributed by atoms with Crippen molar-refractivity contribution in [3.8, 4) is 5.75 Å². The molecule has 0 aliphatic heterocycles. The number of halogens is 1. The molecule has 0 atom stereocenters. The normalized spacial score (nSPS) is 10.4. The minimum atomic E-state index is -0.923. The van der Waals surface area contributed by atoms with Gasteiger partial charge in [-0.2, -0.15) is 0 Å². The predicted octanol–water partition coefficient (Wildman–Crippen LogP) is 2.78. The number of carboxylic acids is 1. The molecule has 0 aliphatic carbocycles. The zero-order valence-corrected chi connectivity index (χ0v) is 13.3. The van der Waals surface area contributed by atoms with Gasteiger partial charge in [-0.25, -0.2) is 0 Å². The van der Waals surface area contributed by atoms with Crippen molar-refractivity contribution in [2.24, 2.45) is 0 Å². The van der Waals surface area contributed by atoms with Crippen LogP contribution in [0.25, 0.3) is 0 Å². The molecule has 20 heavy (non-hydrogen) atoms. The van der Waals surface area contributed by atoms with Crippen molar-refractivity contribution < 1.29 is 19.4 Å². The standard InChI is InChI=1S/C14H18BrNO4/c1-9(2)16(7-6-13(17)18)14(19)11-8-10(20-3)4-5-12(11)15/h4-5,8-9H,6-7H2,1-3H3,(H,17,18). The van der Waals surface area contributed by atoms with Crippen LogP contribution in [-0.4, -0.2) is 41.6 Å². The Morgan fingerprint density at radius 3 is 2.55 bits per heavy atom. The van der Waals surface area contributed by atoms with Crippen LogP contribution in [0.5, 0.6) is 5.75 Å². The van der Waals surface area contributed by atoms with Gasteiger partial charge in [-0.1, -0.05) is 0 Å². The molecule has 1 amide bonds. The molecular formula is C14H18BrNO4. The molecule has 0 saturated carbocycles. The van der Waals surface area contributed by atoms with E-state index in [1.165, 1.54) is 12.0 Å². The van der Waals surface area contributed by atoms with Crippen molar-refractivity contribution >= 4 is 27.8 Å². The molecule has 0 radical (unpaired) electrons. The summed E-state index contributed by atoms with van der Waals surface area (Å²) in [5.41, 5.74) is 0.462. The van der Waals surface area contributed by atoms with Crippen molar-refractivity contribution in [2.45, 2.75) is 26.3 Å². The van der Waals surface area contributed by atoms with Gasteiger partial charge < -0.3 is 14.7 Å². The lowest BCUT2D eigenvalue weighted by Gasteiger charge is -2.26. The zero-order chi connectivity index (χ0) is 15.3. The van der Waals surface area contributed by atoms with Gasteiger partial charge in [0.25, 0.3) is 5.91 Å². The number of ether oxygens (including phenoxy) is 1. The van der Waals surface area contributed by atoms with E-state index < -0.39 is 5.97 Å². The third-order valence-electron chi connectivity index (χ3n) is 2.85. The van der Waals surface area contributed by atoms with E-state index in [4.69, 9.17) is 9.84 Å². The summed E-state index contributed by atoms with van der Waals surface area (Å²) in [6, 6.07) is 5.04. The Bertz CT molecular complexity index is 502. The number of carboxylic acid groups (broad SMARTS) is 1. The van der Waals surface area contributed by atoms with Crippen LogP contribution in [0, 0.1) is 0 Å². The third-order valence-corrected chi connectivity index (χ3v) is 3.55. The highest BCUT2D eigenvalue weighted by atomic mass is 79.9. The van der Waals surface area contributed by atoms with Gasteiger partial charge >= 0.3 is 5.97 Å². The number of carbonyl (C=O) groups excluding carboxylic acids is 1. The summed E-state index contributed by atoms with van der Waals surface area (Å²) < 4.78 is 5.77. The maximum Gasteiger partial charge on any atom is 0.305 e. The lowest BCUT2D eigenvalue weighted by Crippen LogP contribution is -2.38. The van der Waals surface area contributed by atoms with Gasteiger partial charge in [0.15, 0.2) is 0 Å². The van der Waals surface area contributed by atoms with Crippen molar-refractivity contribution in [3.05, 3.63) is 28.2 Å². The van der Waals surface area contributed by atoms with Gasteiger partial charge in [-0.05, 0) is 48.0 Å². The average Bonchev–Trinajstić information content (AvgIpc) is 2.38. The molecule has 1 aromatic carbocycles. The topological polar surface area (TPSA) is 66.8 Å². The summed E-state index contributed by atoms with van der Waals surface area (Å²) >= 11 is 3.34. The fourth-order valence-electron chi connectivity index (χ4n) is 1.76. The van der Waals surface area contributed by atoms with E-state index in [2.05, 4.69) is 15.9 Å². The van der Waals surface area contributed by atoms with Crippen LogP contribution in [-0.2, 0) is 4.79 Å². The summed E-state index contributed by atoms with van der Waals surface area (Å²) in [6.07, 6.45) is -0.0779. The Labute approximate surface area is 126 Å². The second-order valence-electron chi connectivity index (χ2n) is 4.58. The fraction of sp³-hybridized carbons (Fsp3) is 0.429. The van der Waals surface area contributed by atoms with Gasteiger partial charge in [0.05, 0.1) is 19.1 Å². The SMILES string of the molecule is COc1ccc(Br)c(C(=O)N(CCC(=O)O)C(C)C)c1. The molecule has 0 saturated heterocycles. The summed E-state index contributed by atoms with van der Waals surface area (Å²) in [5, 5.41) is 8.77. The van der Waals surface area contributed by atoms with E-state index in [9.17, 15) is 9.59 Å². The molecule has 0 spiro atoms. The summed E-state index contributed by atoms with van der Waals surface area (Å²) in [5.74, 6) is -0.557. The highest BCUT2D eigenvalue weighted by Gasteiger charge is 2.22. The maximum absolute atomic E-state index is 12.5. The molecule has 5 nitrogen and oxygen atoms in total. The van der Waals surface area contributed by atoms with E-state index in [-0.39, 0.29) is 24.9 Å². The lowest BCUT2D eigenvalue weighted by molar-refractivity contribution is -0.137. The minimum Gasteiger partial charge on any atom is -0.497 e. The van der Waals surface area contributed by atoms with Crippen molar-refractivity contribution in [1.29, 1.82) is 0 Å². The molecule has 1 N–H and O–H groups in total. The van der Waals surface area contributed by atoms with E-state index in [0.29, 0.717) is 15.8 Å². The Morgan fingerprint density at radius 1 is 1.40 bits per heavy atom. The van der Waals surface area contributed by atoms with Crippen LogP contribution < -0.4 is 4.74 Å². The molecule has 1 aromatic rings. The van der Waals surface area contributed by atoms with E-state index >= 15 is 0 Å². The van der Waals surface area contributed by atoms with Crippen molar-refractivity contribution in [3.63, 3.8) is 0 Å². The predicted molar refractivity (Wildman–Crippen MR) is 79.1 cm³/mol. The highest BCUT2D eigenvalue weighted by molar-refractivity contribution is 9.10. The second-order valence-corrected chi connectivity index (χ2v) is 5.44. The molecule has 0 aliphatic rings.